The smallest absolute Gasteiger partial charge is 0.326 e. The Balaban J connectivity index is 2.71. The van der Waals surface area contributed by atoms with Crippen molar-refractivity contribution < 1.29 is 19.5 Å². The molecule has 0 aromatic heterocycles. The molecule has 108 valence electrons. The quantitative estimate of drug-likeness (QED) is 0.756. The van der Waals surface area contributed by atoms with Crippen molar-refractivity contribution >= 4 is 17.9 Å². The van der Waals surface area contributed by atoms with Crippen LogP contribution in [0.25, 0.3) is 0 Å². The van der Waals surface area contributed by atoms with E-state index in [-0.39, 0.29) is 18.4 Å². The Hall–Kier alpha value is -1.79. The molecule has 0 aliphatic carbocycles. The van der Waals surface area contributed by atoms with E-state index in [1.165, 1.54) is 16.8 Å². The highest BCUT2D eigenvalue weighted by atomic mass is 16.4. The van der Waals surface area contributed by atoms with Crippen LogP contribution in [0.3, 0.4) is 0 Å². The van der Waals surface area contributed by atoms with Crippen molar-refractivity contribution in [3.8, 4) is 0 Å². The number of nitrogens with two attached hydrogens (primary N) is 1. The lowest BCUT2D eigenvalue weighted by molar-refractivity contribution is -0.151. The average Bonchev–Trinajstić information content (AvgIpc) is 2.38. The van der Waals surface area contributed by atoms with Gasteiger partial charge in [-0.15, -0.1) is 0 Å². The Morgan fingerprint density at radius 2 is 2.11 bits per heavy atom. The second kappa shape index (κ2) is 6.40. The molecule has 0 saturated carbocycles. The number of primary amides is 1. The molecule has 0 aromatic carbocycles. The summed E-state index contributed by atoms with van der Waals surface area (Å²) in [6.07, 6.45) is 1.71. The number of carboxylic acids is 1. The monoisotopic (exact) mass is 271 g/mol. The average molecular weight is 271 g/mol. The Morgan fingerprint density at radius 3 is 2.58 bits per heavy atom. The maximum atomic E-state index is 12.3. The van der Waals surface area contributed by atoms with E-state index in [4.69, 9.17) is 10.8 Å². The van der Waals surface area contributed by atoms with Crippen molar-refractivity contribution in [2.24, 2.45) is 11.7 Å². The third kappa shape index (κ3) is 3.59. The summed E-state index contributed by atoms with van der Waals surface area (Å²) in [5.41, 5.74) is 5.21. The number of carbonyl (C=O) groups is 3. The first-order valence-corrected chi connectivity index (χ1v) is 6.42. The van der Waals surface area contributed by atoms with Gasteiger partial charge in [0, 0.05) is 20.1 Å². The van der Waals surface area contributed by atoms with Gasteiger partial charge in [-0.05, 0) is 19.3 Å². The van der Waals surface area contributed by atoms with Gasteiger partial charge in [-0.2, -0.15) is 0 Å². The minimum Gasteiger partial charge on any atom is -0.480 e. The fourth-order valence-corrected chi connectivity index (χ4v) is 2.43. The number of likely N-dealkylation sites (N-methyl/N-ethyl adjacent to an activating group) is 1. The highest BCUT2D eigenvalue weighted by Crippen LogP contribution is 2.19. The van der Waals surface area contributed by atoms with Crippen molar-refractivity contribution in [1.82, 2.24) is 9.80 Å². The molecule has 0 aromatic rings. The number of carboxylic acid groups (broad SMARTS) is 1. The van der Waals surface area contributed by atoms with Crippen molar-refractivity contribution in [2.45, 2.75) is 32.2 Å². The molecule has 2 atom stereocenters. The van der Waals surface area contributed by atoms with E-state index in [0.717, 1.165) is 0 Å². The van der Waals surface area contributed by atoms with Crippen LogP contribution in [0.15, 0.2) is 0 Å². The van der Waals surface area contributed by atoms with E-state index in [1.54, 1.807) is 6.92 Å². The molecule has 19 heavy (non-hydrogen) atoms. The lowest BCUT2D eigenvalue weighted by atomic mass is 9.96. The van der Waals surface area contributed by atoms with E-state index < -0.39 is 18.0 Å². The number of hydrogen-bond acceptors (Lipinski definition) is 3. The van der Waals surface area contributed by atoms with Gasteiger partial charge in [-0.3, -0.25) is 4.79 Å². The van der Waals surface area contributed by atoms with Gasteiger partial charge in [0.1, 0.15) is 6.04 Å². The van der Waals surface area contributed by atoms with Gasteiger partial charge in [0.2, 0.25) is 5.91 Å². The van der Waals surface area contributed by atoms with E-state index >= 15 is 0 Å². The second-order valence-electron chi connectivity index (χ2n) is 4.83. The Morgan fingerprint density at radius 1 is 1.47 bits per heavy atom. The fourth-order valence-electron chi connectivity index (χ4n) is 2.43. The molecule has 7 heteroatoms. The summed E-state index contributed by atoms with van der Waals surface area (Å²) in [5, 5.41) is 9.05. The zero-order valence-corrected chi connectivity index (χ0v) is 11.3. The summed E-state index contributed by atoms with van der Waals surface area (Å²) < 4.78 is 0. The second-order valence-corrected chi connectivity index (χ2v) is 4.83. The number of amides is 3. The van der Waals surface area contributed by atoms with Crippen LogP contribution in [-0.2, 0) is 9.59 Å². The number of piperidine rings is 1. The summed E-state index contributed by atoms with van der Waals surface area (Å²) >= 11 is 0. The first kappa shape index (κ1) is 15.3. The molecule has 1 aliphatic heterocycles. The number of nitrogens with zero attached hydrogens (tertiary/aromatic N) is 2. The SMILES string of the molecule is CCC(C(=O)O)N(C)C(=O)C1CCCN(C(N)=O)C1. The zero-order valence-electron chi connectivity index (χ0n) is 11.3. The predicted molar refractivity (Wildman–Crippen MR) is 68.4 cm³/mol. The molecule has 3 amide bonds. The first-order chi connectivity index (χ1) is 8.88. The van der Waals surface area contributed by atoms with Gasteiger partial charge in [0.05, 0.1) is 5.92 Å². The molecule has 0 bridgehead atoms. The van der Waals surface area contributed by atoms with Gasteiger partial charge in [0.15, 0.2) is 0 Å². The zero-order chi connectivity index (χ0) is 14.6. The van der Waals surface area contributed by atoms with Crippen LogP contribution < -0.4 is 5.73 Å². The van der Waals surface area contributed by atoms with Crippen LogP contribution in [0.5, 0.6) is 0 Å². The summed E-state index contributed by atoms with van der Waals surface area (Å²) in [6.45, 7) is 2.55. The number of carbonyl (C=O) groups excluding carboxylic acids is 2. The number of aliphatic carboxylic acids is 1. The summed E-state index contributed by atoms with van der Waals surface area (Å²) in [6, 6.07) is -1.36. The lowest BCUT2D eigenvalue weighted by Gasteiger charge is -2.34. The largest absolute Gasteiger partial charge is 0.480 e. The molecular formula is C12H21N3O4. The van der Waals surface area contributed by atoms with E-state index in [1.807, 2.05) is 0 Å². The van der Waals surface area contributed by atoms with Crippen molar-refractivity contribution in [3.63, 3.8) is 0 Å². The molecule has 1 rings (SSSR count). The molecule has 1 aliphatic rings. The van der Waals surface area contributed by atoms with Crippen LogP contribution in [0, 0.1) is 5.92 Å². The van der Waals surface area contributed by atoms with Gasteiger partial charge in [-0.25, -0.2) is 9.59 Å². The van der Waals surface area contributed by atoms with Crippen molar-refractivity contribution in [1.29, 1.82) is 0 Å². The highest BCUT2D eigenvalue weighted by molar-refractivity contribution is 5.85. The van der Waals surface area contributed by atoms with Crippen LogP contribution in [-0.4, -0.2) is 59.0 Å². The van der Waals surface area contributed by atoms with Gasteiger partial charge in [0.25, 0.3) is 0 Å². The topological polar surface area (TPSA) is 104 Å². The molecule has 1 heterocycles. The minimum atomic E-state index is -1.01. The van der Waals surface area contributed by atoms with Crippen LogP contribution in [0.1, 0.15) is 26.2 Å². The summed E-state index contributed by atoms with van der Waals surface area (Å²) in [4.78, 5) is 37.1. The normalized spacial score (nSPS) is 20.7. The van der Waals surface area contributed by atoms with E-state index in [2.05, 4.69) is 0 Å². The molecule has 1 saturated heterocycles. The molecule has 2 unspecified atom stereocenters. The van der Waals surface area contributed by atoms with Crippen molar-refractivity contribution in [3.05, 3.63) is 0 Å². The molecule has 0 radical (unpaired) electrons. The Labute approximate surface area is 112 Å². The third-order valence-corrected chi connectivity index (χ3v) is 3.57. The number of urea groups is 1. The molecule has 1 fully saturated rings. The van der Waals surface area contributed by atoms with E-state index in [9.17, 15) is 14.4 Å². The minimum absolute atomic E-state index is 0.236. The number of hydrogen-bond donors (Lipinski definition) is 2. The Bertz CT molecular complexity index is 372. The van der Waals surface area contributed by atoms with Crippen LogP contribution >= 0.6 is 0 Å². The highest BCUT2D eigenvalue weighted by Gasteiger charge is 2.33. The van der Waals surface area contributed by atoms with Crippen LogP contribution in [0.2, 0.25) is 0 Å². The maximum absolute atomic E-state index is 12.3. The predicted octanol–water partition coefficient (Wildman–Crippen LogP) is 0.0987. The third-order valence-electron chi connectivity index (χ3n) is 3.57. The van der Waals surface area contributed by atoms with Gasteiger partial charge >= 0.3 is 12.0 Å². The number of rotatable bonds is 4. The van der Waals surface area contributed by atoms with Crippen LogP contribution in [0.4, 0.5) is 4.79 Å². The molecule has 7 nitrogen and oxygen atoms in total. The summed E-state index contributed by atoms with van der Waals surface area (Å²) in [5.74, 6) is -1.61. The molecule has 3 N–H and O–H groups in total. The summed E-state index contributed by atoms with van der Waals surface area (Å²) in [7, 11) is 1.49. The maximum Gasteiger partial charge on any atom is 0.326 e. The fraction of sp³-hybridized carbons (Fsp3) is 0.750. The van der Waals surface area contributed by atoms with Gasteiger partial charge in [-0.1, -0.05) is 6.92 Å². The van der Waals surface area contributed by atoms with E-state index in [0.29, 0.717) is 25.8 Å². The standard InChI is InChI=1S/C12H21N3O4/c1-3-9(11(17)18)14(2)10(16)8-5-4-6-15(7-8)12(13)19/h8-9H,3-7H2,1-2H3,(H2,13,19)(H,17,18). The first-order valence-electron chi connectivity index (χ1n) is 6.42. The number of likely N-dealkylation sites (tertiary alicyclic amines) is 1. The molecular weight excluding hydrogens is 250 g/mol. The van der Waals surface area contributed by atoms with Crippen molar-refractivity contribution in [2.75, 3.05) is 20.1 Å². The Kier molecular flexibility index (Phi) is 5.14. The lowest BCUT2D eigenvalue weighted by Crippen LogP contribution is -2.50. The van der Waals surface area contributed by atoms with Gasteiger partial charge < -0.3 is 20.6 Å². The molecule has 0 spiro atoms.